The third kappa shape index (κ3) is 1.96. The summed E-state index contributed by atoms with van der Waals surface area (Å²) in [6, 6.07) is 0.407. The number of hydrogen-bond acceptors (Lipinski definition) is 2. The summed E-state index contributed by atoms with van der Waals surface area (Å²) < 4.78 is 1.98. The first-order chi connectivity index (χ1) is 7.59. The van der Waals surface area contributed by atoms with E-state index in [-0.39, 0.29) is 5.69 Å². The molecule has 1 aliphatic carbocycles. The molecule has 2 rings (SSSR count). The lowest BCUT2D eigenvalue weighted by Gasteiger charge is -2.34. The van der Waals surface area contributed by atoms with Crippen LogP contribution >= 0.6 is 0 Å². The number of carboxylic acid groups (broad SMARTS) is 1. The molecule has 3 atom stereocenters. The van der Waals surface area contributed by atoms with E-state index in [1.807, 2.05) is 4.57 Å². The molecule has 0 radical (unpaired) electrons. The minimum atomic E-state index is -0.949. The van der Waals surface area contributed by atoms with Gasteiger partial charge in [-0.1, -0.05) is 26.7 Å². The molecule has 1 aromatic heterocycles. The van der Waals surface area contributed by atoms with Crippen LogP contribution in [0.4, 0.5) is 0 Å². The van der Waals surface area contributed by atoms with Gasteiger partial charge >= 0.3 is 5.97 Å². The Kier molecular flexibility index (Phi) is 2.99. The van der Waals surface area contributed by atoms with E-state index < -0.39 is 5.97 Å². The first-order valence-corrected chi connectivity index (χ1v) is 5.86. The van der Waals surface area contributed by atoms with Gasteiger partial charge in [0.25, 0.3) is 0 Å². The number of imidazole rings is 1. The quantitative estimate of drug-likeness (QED) is 0.836. The van der Waals surface area contributed by atoms with Crippen LogP contribution < -0.4 is 0 Å². The fourth-order valence-electron chi connectivity index (χ4n) is 2.60. The Morgan fingerprint density at radius 1 is 1.50 bits per heavy atom. The fraction of sp³-hybridized carbons (Fsp3) is 0.667. The molecule has 4 nitrogen and oxygen atoms in total. The normalized spacial score (nSPS) is 30.2. The van der Waals surface area contributed by atoms with Crippen LogP contribution in [0.15, 0.2) is 12.5 Å². The molecule has 3 unspecified atom stereocenters. The number of aromatic carboxylic acids is 1. The second-order valence-corrected chi connectivity index (χ2v) is 4.85. The Morgan fingerprint density at radius 3 is 2.88 bits per heavy atom. The molecule has 0 aliphatic heterocycles. The Balaban J connectivity index is 2.19. The summed E-state index contributed by atoms with van der Waals surface area (Å²) in [5.41, 5.74) is 0.144. The third-order valence-electron chi connectivity index (χ3n) is 3.87. The van der Waals surface area contributed by atoms with Crippen molar-refractivity contribution >= 4 is 5.97 Å². The summed E-state index contributed by atoms with van der Waals surface area (Å²) in [6.45, 7) is 4.51. The minimum absolute atomic E-state index is 0.144. The maximum atomic E-state index is 10.8. The summed E-state index contributed by atoms with van der Waals surface area (Å²) in [4.78, 5) is 14.7. The van der Waals surface area contributed by atoms with Crippen LogP contribution in [0, 0.1) is 11.8 Å². The van der Waals surface area contributed by atoms with E-state index in [2.05, 4.69) is 18.8 Å². The van der Waals surface area contributed by atoms with Crippen LogP contribution in [0.25, 0.3) is 0 Å². The molecule has 0 amide bonds. The predicted octanol–water partition coefficient (Wildman–Crippen LogP) is 2.58. The van der Waals surface area contributed by atoms with Gasteiger partial charge in [-0.15, -0.1) is 0 Å². The Bertz CT molecular complexity index is 386. The van der Waals surface area contributed by atoms with Crippen LogP contribution in [-0.2, 0) is 0 Å². The monoisotopic (exact) mass is 222 g/mol. The van der Waals surface area contributed by atoms with Crippen LogP contribution in [0.5, 0.6) is 0 Å². The molecule has 1 heterocycles. The number of aromatic nitrogens is 2. The van der Waals surface area contributed by atoms with Crippen molar-refractivity contribution in [1.29, 1.82) is 0 Å². The Labute approximate surface area is 95.3 Å². The van der Waals surface area contributed by atoms with Crippen LogP contribution in [0.1, 0.15) is 49.6 Å². The van der Waals surface area contributed by atoms with Crippen molar-refractivity contribution in [3.05, 3.63) is 18.2 Å². The molecule has 1 fully saturated rings. The number of carbonyl (C=O) groups is 1. The second-order valence-electron chi connectivity index (χ2n) is 4.85. The fourth-order valence-corrected chi connectivity index (χ4v) is 2.60. The number of carboxylic acids is 1. The lowest BCUT2D eigenvalue weighted by molar-refractivity contribution is 0.0690. The molecule has 0 saturated heterocycles. The van der Waals surface area contributed by atoms with Gasteiger partial charge in [-0.3, -0.25) is 0 Å². The number of rotatable bonds is 2. The van der Waals surface area contributed by atoms with Crippen LogP contribution in [0.2, 0.25) is 0 Å². The van der Waals surface area contributed by atoms with Crippen molar-refractivity contribution in [3.63, 3.8) is 0 Å². The molecule has 1 saturated carbocycles. The minimum Gasteiger partial charge on any atom is -0.476 e. The molecule has 4 heteroatoms. The average molecular weight is 222 g/mol. The van der Waals surface area contributed by atoms with E-state index >= 15 is 0 Å². The lowest BCUT2D eigenvalue weighted by Crippen LogP contribution is -2.26. The van der Waals surface area contributed by atoms with Crippen LogP contribution in [0.3, 0.4) is 0 Å². The molecule has 16 heavy (non-hydrogen) atoms. The molecule has 0 bridgehead atoms. The van der Waals surface area contributed by atoms with Gasteiger partial charge in [0.2, 0.25) is 0 Å². The zero-order chi connectivity index (χ0) is 11.7. The standard InChI is InChI=1S/C12H18N2O2/c1-8-4-3-5-11(9(8)2)14-6-10(12(15)16)13-7-14/h6-9,11H,3-5H2,1-2H3,(H,15,16). The van der Waals surface area contributed by atoms with Crippen LogP contribution in [-0.4, -0.2) is 20.6 Å². The lowest BCUT2D eigenvalue weighted by atomic mass is 9.78. The van der Waals surface area contributed by atoms with Gasteiger partial charge in [-0.2, -0.15) is 0 Å². The highest BCUT2D eigenvalue weighted by Crippen LogP contribution is 2.37. The summed E-state index contributed by atoms with van der Waals surface area (Å²) in [5.74, 6) is 0.342. The largest absolute Gasteiger partial charge is 0.476 e. The summed E-state index contributed by atoms with van der Waals surface area (Å²) in [5, 5.41) is 8.84. The highest BCUT2D eigenvalue weighted by molar-refractivity contribution is 5.84. The number of hydrogen-bond donors (Lipinski definition) is 1. The molecule has 0 aromatic carbocycles. The highest BCUT2D eigenvalue weighted by Gasteiger charge is 2.28. The molecule has 1 aromatic rings. The van der Waals surface area contributed by atoms with Crippen molar-refractivity contribution < 1.29 is 9.90 Å². The van der Waals surface area contributed by atoms with E-state index in [9.17, 15) is 4.79 Å². The van der Waals surface area contributed by atoms with E-state index in [0.29, 0.717) is 17.9 Å². The van der Waals surface area contributed by atoms with E-state index in [1.54, 1.807) is 12.5 Å². The van der Waals surface area contributed by atoms with Gasteiger partial charge in [-0.05, 0) is 18.3 Å². The topological polar surface area (TPSA) is 55.1 Å². The first kappa shape index (κ1) is 11.2. The smallest absolute Gasteiger partial charge is 0.356 e. The highest BCUT2D eigenvalue weighted by atomic mass is 16.4. The SMILES string of the molecule is CC1CCCC(n2cnc(C(=O)O)c2)C1C. The van der Waals surface area contributed by atoms with Gasteiger partial charge in [0.05, 0.1) is 6.33 Å². The van der Waals surface area contributed by atoms with Gasteiger partial charge in [0, 0.05) is 12.2 Å². The van der Waals surface area contributed by atoms with Crippen molar-refractivity contribution in [1.82, 2.24) is 9.55 Å². The van der Waals surface area contributed by atoms with Gasteiger partial charge < -0.3 is 9.67 Å². The van der Waals surface area contributed by atoms with Crippen molar-refractivity contribution in [2.45, 2.75) is 39.2 Å². The van der Waals surface area contributed by atoms with Crippen molar-refractivity contribution in [2.24, 2.45) is 11.8 Å². The van der Waals surface area contributed by atoms with Gasteiger partial charge in [0.15, 0.2) is 5.69 Å². The predicted molar refractivity (Wildman–Crippen MR) is 60.4 cm³/mol. The summed E-state index contributed by atoms with van der Waals surface area (Å²) in [7, 11) is 0. The zero-order valence-electron chi connectivity index (χ0n) is 9.76. The van der Waals surface area contributed by atoms with Gasteiger partial charge in [-0.25, -0.2) is 9.78 Å². The van der Waals surface area contributed by atoms with E-state index in [1.165, 1.54) is 12.8 Å². The second kappa shape index (κ2) is 4.28. The first-order valence-electron chi connectivity index (χ1n) is 5.86. The molecular formula is C12H18N2O2. The molecule has 88 valence electrons. The maximum absolute atomic E-state index is 10.8. The molecule has 1 N–H and O–H groups in total. The van der Waals surface area contributed by atoms with E-state index in [4.69, 9.17) is 5.11 Å². The third-order valence-corrected chi connectivity index (χ3v) is 3.87. The molecular weight excluding hydrogens is 204 g/mol. The summed E-state index contributed by atoms with van der Waals surface area (Å²) >= 11 is 0. The zero-order valence-corrected chi connectivity index (χ0v) is 9.76. The Hall–Kier alpha value is -1.32. The summed E-state index contributed by atoms with van der Waals surface area (Å²) in [6.07, 6.45) is 6.93. The van der Waals surface area contributed by atoms with E-state index in [0.717, 1.165) is 6.42 Å². The van der Waals surface area contributed by atoms with Crippen molar-refractivity contribution in [2.75, 3.05) is 0 Å². The number of nitrogens with zero attached hydrogens (tertiary/aromatic N) is 2. The maximum Gasteiger partial charge on any atom is 0.356 e. The Morgan fingerprint density at radius 2 is 2.25 bits per heavy atom. The van der Waals surface area contributed by atoms with Gasteiger partial charge in [0.1, 0.15) is 0 Å². The molecule has 1 aliphatic rings. The average Bonchev–Trinajstić information content (AvgIpc) is 2.71. The van der Waals surface area contributed by atoms with Crippen molar-refractivity contribution in [3.8, 4) is 0 Å². The molecule has 0 spiro atoms.